The summed E-state index contributed by atoms with van der Waals surface area (Å²) < 4.78 is 1.77. The van der Waals surface area contributed by atoms with Crippen LogP contribution in [-0.4, -0.2) is 14.8 Å². The van der Waals surface area contributed by atoms with Crippen LogP contribution in [0.2, 0.25) is 0 Å². The lowest BCUT2D eigenvalue weighted by molar-refractivity contribution is 0.756. The van der Waals surface area contributed by atoms with Crippen LogP contribution in [0, 0.1) is 13.8 Å². The summed E-state index contributed by atoms with van der Waals surface area (Å²) in [4.78, 5) is 0.391. The van der Waals surface area contributed by atoms with E-state index in [1.807, 2.05) is 45.3 Å². The molecule has 0 saturated carbocycles. The van der Waals surface area contributed by atoms with Gasteiger partial charge in [0.05, 0.1) is 17.1 Å². The van der Waals surface area contributed by atoms with Crippen molar-refractivity contribution in [1.29, 1.82) is 0 Å². The van der Waals surface area contributed by atoms with Gasteiger partial charge in [-0.2, -0.15) is 5.10 Å². The first-order valence-corrected chi connectivity index (χ1v) is 6.06. The van der Waals surface area contributed by atoms with Crippen LogP contribution in [0.4, 0.5) is 11.4 Å². The van der Waals surface area contributed by atoms with E-state index < -0.39 is 0 Å². The molecule has 0 bridgehead atoms. The number of nitrogens with two attached hydrogens (primary N) is 1. The average Bonchev–Trinajstić information content (AvgIpc) is 2.60. The molecule has 0 aliphatic carbocycles. The molecule has 0 saturated heterocycles. The van der Waals surface area contributed by atoms with Gasteiger partial charge in [0.15, 0.2) is 0 Å². The lowest BCUT2D eigenvalue weighted by atomic mass is 10.1. The molecule has 3 N–H and O–H groups in total. The number of nitrogens with one attached hydrogen (secondary N) is 1. The fourth-order valence-electron chi connectivity index (χ4n) is 1.90. The maximum absolute atomic E-state index is 5.75. The van der Waals surface area contributed by atoms with E-state index in [1.165, 1.54) is 0 Å². The highest BCUT2D eigenvalue weighted by Gasteiger charge is 2.10. The molecule has 0 unspecified atom stereocenters. The summed E-state index contributed by atoms with van der Waals surface area (Å²) >= 11 is 5.08. The van der Waals surface area contributed by atoms with Gasteiger partial charge in [0.2, 0.25) is 0 Å². The molecule has 0 aliphatic heterocycles. The minimum absolute atomic E-state index is 0.391. The zero-order chi connectivity index (χ0) is 13.3. The van der Waals surface area contributed by atoms with Crippen LogP contribution >= 0.6 is 12.2 Å². The van der Waals surface area contributed by atoms with E-state index in [0.717, 1.165) is 28.2 Å². The molecule has 0 radical (unpaired) electrons. The van der Waals surface area contributed by atoms with Gasteiger partial charge in [-0.1, -0.05) is 24.4 Å². The van der Waals surface area contributed by atoms with Crippen LogP contribution in [0.3, 0.4) is 0 Å². The third-order valence-electron chi connectivity index (χ3n) is 2.81. The molecule has 2 aromatic rings. The molecule has 94 valence electrons. The van der Waals surface area contributed by atoms with Crippen LogP contribution in [0.15, 0.2) is 24.4 Å². The Kier molecular flexibility index (Phi) is 3.34. The lowest BCUT2D eigenvalue weighted by Crippen LogP contribution is -2.12. The number of aryl methyl sites for hydroxylation is 3. The predicted octanol–water partition coefficient (Wildman–Crippen LogP) is 2.41. The summed E-state index contributed by atoms with van der Waals surface area (Å²) in [5.74, 6) is 0. The SMILES string of the molecule is Cc1cccc(C(N)=S)c1Nc1cn(C)nc1C. The van der Waals surface area contributed by atoms with Gasteiger partial charge in [-0.15, -0.1) is 0 Å². The van der Waals surface area contributed by atoms with Gasteiger partial charge in [-0.3, -0.25) is 4.68 Å². The number of hydrogen-bond acceptors (Lipinski definition) is 3. The van der Waals surface area contributed by atoms with E-state index in [-0.39, 0.29) is 0 Å². The van der Waals surface area contributed by atoms with Crippen LogP contribution in [-0.2, 0) is 7.05 Å². The van der Waals surface area contributed by atoms with Gasteiger partial charge in [-0.05, 0) is 25.5 Å². The van der Waals surface area contributed by atoms with Gasteiger partial charge < -0.3 is 11.1 Å². The summed E-state index contributed by atoms with van der Waals surface area (Å²) in [6, 6.07) is 5.89. The van der Waals surface area contributed by atoms with Crippen LogP contribution in [0.25, 0.3) is 0 Å². The van der Waals surface area contributed by atoms with Crippen molar-refractivity contribution in [2.24, 2.45) is 12.8 Å². The molecular formula is C13H16N4S. The van der Waals surface area contributed by atoms with E-state index in [0.29, 0.717) is 4.99 Å². The van der Waals surface area contributed by atoms with Crippen molar-refractivity contribution < 1.29 is 0 Å². The van der Waals surface area contributed by atoms with Crippen molar-refractivity contribution in [3.8, 4) is 0 Å². The Labute approximate surface area is 112 Å². The van der Waals surface area contributed by atoms with Crippen LogP contribution < -0.4 is 11.1 Å². The Bertz CT molecular complexity index is 601. The Morgan fingerprint density at radius 3 is 2.67 bits per heavy atom. The second-order valence-corrected chi connectivity index (χ2v) is 4.73. The highest BCUT2D eigenvalue weighted by Crippen LogP contribution is 2.26. The Morgan fingerprint density at radius 2 is 2.11 bits per heavy atom. The maximum Gasteiger partial charge on any atom is 0.106 e. The summed E-state index contributed by atoms with van der Waals surface area (Å²) in [6.07, 6.45) is 1.94. The average molecular weight is 260 g/mol. The van der Waals surface area contributed by atoms with E-state index in [1.54, 1.807) is 4.68 Å². The van der Waals surface area contributed by atoms with E-state index in [2.05, 4.69) is 10.4 Å². The van der Waals surface area contributed by atoms with E-state index in [9.17, 15) is 0 Å². The maximum atomic E-state index is 5.75. The molecule has 4 nitrogen and oxygen atoms in total. The predicted molar refractivity (Wildman–Crippen MR) is 78.3 cm³/mol. The highest BCUT2D eigenvalue weighted by molar-refractivity contribution is 7.80. The number of anilines is 2. The number of hydrogen-bond donors (Lipinski definition) is 2. The molecular weight excluding hydrogens is 244 g/mol. The van der Waals surface area contributed by atoms with Gasteiger partial charge in [0, 0.05) is 18.8 Å². The largest absolute Gasteiger partial charge is 0.389 e. The second-order valence-electron chi connectivity index (χ2n) is 4.29. The fraction of sp³-hybridized carbons (Fsp3) is 0.231. The van der Waals surface area contributed by atoms with Crippen molar-refractivity contribution in [3.05, 3.63) is 41.2 Å². The molecule has 1 aromatic heterocycles. The lowest BCUT2D eigenvalue weighted by Gasteiger charge is -2.13. The van der Waals surface area contributed by atoms with Crippen molar-refractivity contribution in [2.75, 3.05) is 5.32 Å². The molecule has 0 spiro atoms. The van der Waals surface area contributed by atoms with Crippen LogP contribution in [0.1, 0.15) is 16.8 Å². The summed E-state index contributed by atoms with van der Waals surface area (Å²) in [5, 5.41) is 7.66. The van der Waals surface area contributed by atoms with E-state index in [4.69, 9.17) is 18.0 Å². The smallest absolute Gasteiger partial charge is 0.106 e. The first-order valence-electron chi connectivity index (χ1n) is 5.65. The number of benzene rings is 1. The normalized spacial score (nSPS) is 10.4. The van der Waals surface area contributed by atoms with Gasteiger partial charge in [-0.25, -0.2) is 0 Å². The quantitative estimate of drug-likeness (QED) is 0.832. The number of thiocarbonyl (C=S) groups is 1. The molecule has 0 fully saturated rings. The Balaban J connectivity index is 2.45. The molecule has 2 rings (SSSR count). The second kappa shape index (κ2) is 4.78. The first kappa shape index (κ1) is 12.6. The molecule has 0 atom stereocenters. The van der Waals surface area contributed by atoms with Gasteiger partial charge in [0.1, 0.15) is 4.99 Å². The summed E-state index contributed by atoms with van der Waals surface area (Å²) in [5.41, 5.74) is 10.6. The molecule has 0 aliphatic rings. The third-order valence-corrected chi connectivity index (χ3v) is 3.03. The van der Waals surface area contributed by atoms with Gasteiger partial charge in [0.25, 0.3) is 0 Å². The zero-order valence-electron chi connectivity index (χ0n) is 10.7. The number of para-hydroxylation sites is 1. The first-order chi connectivity index (χ1) is 8.49. The zero-order valence-corrected chi connectivity index (χ0v) is 11.5. The fourth-order valence-corrected chi connectivity index (χ4v) is 2.07. The Morgan fingerprint density at radius 1 is 1.39 bits per heavy atom. The monoisotopic (exact) mass is 260 g/mol. The minimum atomic E-state index is 0.391. The van der Waals surface area contributed by atoms with Gasteiger partial charge >= 0.3 is 0 Å². The number of aromatic nitrogens is 2. The standard InChI is InChI=1S/C13H16N4S/c1-8-5-4-6-10(13(14)18)12(8)15-11-7-17(3)16-9(11)2/h4-7,15H,1-3H3,(H2,14,18). The molecule has 5 heteroatoms. The molecule has 1 aromatic carbocycles. The van der Waals surface area contributed by atoms with Crippen molar-refractivity contribution >= 4 is 28.6 Å². The topological polar surface area (TPSA) is 55.9 Å². The molecule has 0 amide bonds. The summed E-state index contributed by atoms with van der Waals surface area (Å²) in [7, 11) is 1.89. The highest BCUT2D eigenvalue weighted by atomic mass is 32.1. The van der Waals surface area contributed by atoms with Crippen molar-refractivity contribution in [1.82, 2.24) is 9.78 Å². The Hall–Kier alpha value is -1.88. The molecule has 18 heavy (non-hydrogen) atoms. The van der Waals surface area contributed by atoms with Crippen LogP contribution in [0.5, 0.6) is 0 Å². The summed E-state index contributed by atoms with van der Waals surface area (Å²) in [6.45, 7) is 3.98. The van der Waals surface area contributed by atoms with E-state index >= 15 is 0 Å². The number of rotatable bonds is 3. The number of nitrogens with zero attached hydrogens (tertiary/aromatic N) is 2. The third kappa shape index (κ3) is 2.36. The van der Waals surface area contributed by atoms with Crippen molar-refractivity contribution in [3.63, 3.8) is 0 Å². The minimum Gasteiger partial charge on any atom is -0.389 e. The van der Waals surface area contributed by atoms with Crippen molar-refractivity contribution in [2.45, 2.75) is 13.8 Å². The molecule has 1 heterocycles.